The molecule has 4 heteroatoms. The number of cyclic esters (lactones) is 1. The number of carbonyl (C=O) groups excluding carboxylic acids is 1. The standard InChI is InChI=1S/C20H30O4/c1-12-10-15(21)17-19(2,3)8-5-9-20(17,4)14(12)7-6-13-11-16(22)24-18(13)23/h11,14-15,17-18,21,23H,1,5-10H2,2-4H3/t14-,15+,17-,18?,20+/m0/s1. The molecule has 24 heavy (non-hydrogen) atoms. The van der Waals surface area contributed by atoms with Gasteiger partial charge in [-0.15, -0.1) is 0 Å². The smallest absolute Gasteiger partial charge is 0.333 e. The second-order valence-electron chi connectivity index (χ2n) is 8.86. The van der Waals surface area contributed by atoms with Gasteiger partial charge in [0.15, 0.2) is 0 Å². The highest BCUT2D eigenvalue weighted by Gasteiger charge is 2.56. The van der Waals surface area contributed by atoms with Crippen LogP contribution in [0.2, 0.25) is 0 Å². The van der Waals surface area contributed by atoms with Gasteiger partial charge < -0.3 is 14.9 Å². The van der Waals surface area contributed by atoms with Crippen LogP contribution in [0.5, 0.6) is 0 Å². The van der Waals surface area contributed by atoms with Gasteiger partial charge in [0.2, 0.25) is 6.29 Å². The van der Waals surface area contributed by atoms with Gasteiger partial charge in [-0.2, -0.15) is 0 Å². The number of fused-ring (bicyclic) bond motifs is 1. The lowest BCUT2D eigenvalue weighted by atomic mass is 9.46. The molecule has 3 aliphatic rings. The molecule has 0 aromatic carbocycles. The van der Waals surface area contributed by atoms with Crippen molar-refractivity contribution in [2.24, 2.45) is 22.7 Å². The highest BCUT2D eigenvalue weighted by atomic mass is 16.6. The van der Waals surface area contributed by atoms with Crippen molar-refractivity contribution in [3.8, 4) is 0 Å². The van der Waals surface area contributed by atoms with Crippen LogP contribution < -0.4 is 0 Å². The Balaban J connectivity index is 1.82. The number of esters is 1. The maximum atomic E-state index is 11.3. The summed E-state index contributed by atoms with van der Waals surface area (Å²) in [6.07, 6.45) is 5.55. The van der Waals surface area contributed by atoms with E-state index in [0.29, 0.717) is 24.3 Å². The third-order valence-corrected chi connectivity index (χ3v) is 6.80. The van der Waals surface area contributed by atoms with Gasteiger partial charge in [0.05, 0.1) is 6.10 Å². The van der Waals surface area contributed by atoms with E-state index in [4.69, 9.17) is 4.74 Å². The minimum Gasteiger partial charge on any atom is -0.429 e. The zero-order valence-corrected chi connectivity index (χ0v) is 15.0. The van der Waals surface area contributed by atoms with Crippen LogP contribution in [0.4, 0.5) is 0 Å². The Hall–Kier alpha value is -1.13. The molecular formula is C20H30O4. The second kappa shape index (κ2) is 5.99. The Bertz CT molecular complexity index is 576. The van der Waals surface area contributed by atoms with Crippen LogP contribution in [0, 0.1) is 22.7 Å². The Kier molecular flexibility index (Phi) is 4.42. The second-order valence-corrected chi connectivity index (χ2v) is 8.86. The molecule has 2 aliphatic carbocycles. The monoisotopic (exact) mass is 334 g/mol. The average Bonchev–Trinajstić information content (AvgIpc) is 2.74. The van der Waals surface area contributed by atoms with Crippen molar-refractivity contribution in [3.05, 3.63) is 23.8 Å². The molecule has 0 bridgehead atoms. The first-order valence-electron chi connectivity index (χ1n) is 9.10. The minimum atomic E-state index is -1.09. The fourth-order valence-corrected chi connectivity index (χ4v) is 5.96. The summed E-state index contributed by atoms with van der Waals surface area (Å²) in [6, 6.07) is 0. The van der Waals surface area contributed by atoms with E-state index in [9.17, 15) is 15.0 Å². The summed E-state index contributed by atoms with van der Waals surface area (Å²) in [5, 5.41) is 20.6. The Morgan fingerprint density at radius 1 is 1.29 bits per heavy atom. The lowest BCUT2D eigenvalue weighted by molar-refractivity contribution is -0.151. The van der Waals surface area contributed by atoms with Crippen LogP contribution in [-0.2, 0) is 9.53 Å². The average molecular weight is 334 g/mol. The number of carbonyl (C=O) groups is 1. The Labute approximate surface area is 144 Å². The fourth-order valence-electron chi connectivity index (χ4n) is 5.96. The van der Waals surface area contributed by atoms with Crippen molar-refractivity contribution in [1.29, 1.82) is 0 Å². The molecule has 2 N–H and O–H groups in total. The van der Waals surface area contributed by atoms with E-state index in [1.54, 1.807) is 0 Å². The van der Waals surface area contributed by atoms with Gasteiger partial charge in [0, 0.05) is 11.6 Å². The van der Waals surface area contributed by atoms with E-state index in [1.807, 2.05) is 0 Å². The van der Waals surface area contributed by atoms with Crippen molar-refractivity contribution in [2.75, 3.05) is 0 Å². The third kappa shape index (κ3) is 2.84. The molecule has 1 aliphatic heterocycles. The van der Waals surface area contributed by atoms with Crippen LogP contribution in [0.1, 0.15) is 59.3 Å². The summed E-state index contributed by atoms with van der Waals surface area (Å²) in [5.41, 5.74) is 1.91. The van der Waals surface area contributed by atoms with E-state index in [0.717, 1.165) is 24.8 Å². The third-order valence-electron chi connectivity index (χ3n) is 6.80. The Morgan fingerprint density at radius 3 is 2.62 bits per heavy atom. The van der Waals surface area contributed by atoms with E-state index in [-0.39, 0.29) is 22.9 Å². The lowest BCUT2D eigenvalue weighted by Crippen LogP contribution is -2.55. The number of aliphatic hydroxyl groups is 2. The number of hydrogen-bond donors (Lipinski definition) is 2. The van der Waals surface area contributed by atoms with Gasteiger partial charge in [-0.3, -0.25) is 0 Å². The van der Waals surface area contributed by atoms with E-state index in [2.05, 4.69) is 27.4 Å². The summed E-state index contributed by atoms with van der Waals surface area (Å²) in [4.78, 5) is 11.3. The first-order chi connectivity index (χ1) is 11.1. The first-order valence-corrected chi connectivity index (χ1v) is 9.10. The topological polar surface area (TPSA) is 66.8 Å². The maximum Gasteiger partial charge on any atom is 0.333 e. The number of rotatable bonds is 3. The van der Waals surface area contributed by atoms with Gasteiger partial charge in [0.25, 0.3) is 0 Å². The van der Waals surface area contributed by atoms with E-state index < -0.39 is 12.3 Å². The molecule has 0 spiro atoms. The highest BCUT2D eigenvalue weighted by Crippen LogP contribution is 2.61. The molecule has 1 unspecified atom stereocenters. The van der Waals surface area contributed by atoms with Crippen LogP contribution in [0.3, 0.4) is 0 Å². The maximum absolute atomic E-state index is 11.3. The predicted octanol–water partition coefficient (Wildman–Crippen LogP) is 3.34. The molecule has 0 saturated heterocycles. The molecule has 0 radical (unpaired) electrons. The van der Waals surface area contributed by atoms with Crippen molar-refractivity contribution >= 4 is 5.97 Å². The van der Waals surface area contributed by atoms with Crippen molar-refractivity contribution in [2.45, 2.75) is 71.7 Å². The summed E-state index contributed by atoms with van der Waals surface area (Å²) in [6.45, 7) is 11.1. The molecule has 134 valence electrons. The molecule has 2 fully saturated rings. The first kappa shape index (κ1) is 17.7. The molecule has 0 aromatic heterocycles. The molecule has 1 heterocycles. The SMILES string of the molecule is C=C1C[C@@H](O)[C@H]2C(C)(C)CCC[C@]2(C)[C@H]1CCC1=CC(=O)OC1O. The van der Waals surface area contributed by atoms with Gasteiger partial charge in [-0.25, -0.2) is 4.79 Å². The number of ether oxygens (including phenoxy) is 1. The normalized spacial score (nSPS) is 41.6. The van der Waals surface area contributed by atoms with Gasteiger partial charge in [-0.1, -0.05) is 39.3 Å². The highest BCUT2D eigenvalue weighted by molar-refractivity contribution is 5.85. The Morgan fingerprint density at radius 2 is 2.00 bits per heavy atom. The molecule has 5 atom stereocenters. The predicted molar refractivity (Wildman–Crippen MR) is 91.9 cm³/mol. The minimum absolute atomic E-state index is 0.0193. The van der Waals surface area contributed by atoms with Gasteiger partial charge in [0.1, 0.15) is 0 Å². The quantitative estimate of drug-likeness (QED) is 0.614. The fraction of sp³-hybridized carbons (Fsp3) is 0.750. The summed E-state index contributed by atoms with van der Waals surface area (Å²) in [7, 11) is 0. The van der Waals surface area contributed by atoms with Crippen LogP contribution in [0.15, 0.2) is 23.8 Å². The summed E-state index contributed by atoms with van der Waals surface area (Å²) >= 11 is 0. The van der Waals surface area contributed by atoms with Gasteiger partial charge in [-0.05, 0) is 54.8 Å². The molecular weight excluding hydrogens is 304 g/mol. The van der Waals surface area contributed by atoms with E-state index in [1.165, 1.54) is 12.5 Å². The molecule has 0 aromatic rings. The number of hydrogen-bond acceptors (Lipinski definition) is 4. The molecule has 0 amide bonds. The zero-order chi connectivity index (χ0) is 17.7. The van der Waals surface area contributed by atoms with Crippen LogP contribution in [0.25, 0.3) is 0 Å². The largest absolute Gasteiger partial charge is 0.429 e. The summed E-state index contributed by atoms with van der Waals surface area (Å²) in [5.74, 6) is 0.0992. The van der Waals surface area contributed by atoms with Crippen molar-refractivity contribution < 1.29 is 19.7 Å². The zero-order valence-electron chi connectivity index (χ0n) is 15.0. The van der Waals surface area contributed by atoms with Crippen molar-refractivity contribution in [1.82, 2.24) is 0 Å². The van der Waals surface area contributed by atoms with Crippen LogP contribution >= 0.6 is 0 Å². The lowest BCUT2D eigenvalue weighted by Gasteiger charge is -2.59. The van der Waals surface area contributed by atoms with E-state index >= 15 is 0 Å². The number of aliphatic hydroxyl groups excluding tert-OH is 2. The van der Waals surface area contributed by atoms with Gasteiger partial charge >= 0.3 is 5.97 Å². The molecule has 3 rings (SSSR count). The summed E-state index contributed by atoms with van der Waals surface area (Å²) < 4.78 is 4.78. The van der Waals surface area contributed by atoms with Crippen LogP contribution in [-0.4, -0.2) is 28.6 Å². The van der Waals surface area contributed by atoms with Crippen molar-refractivity contribution in [3.63, 3.8) is 0 Å². The molecule has 2 saturated carbocycles. The molecule has 4 nitrogen and oxygen atoms in total.